The van der Waals surface area contributed by atoms with E-state index in [1.807, 2.05) is 53.4 Å². The van der Waals surface area contributed by atoms with Gasteiger partial charge in [-0.3, -0.25) is 4.79 Å². The fraction of sp³-hybridized carbons (Fsp3) is 0.333. The molecule has 2 aliphatic rings. The summed E-state index contributed by atoms with van der Waals surface area (Å²) in [5.41, 5.74) is 2.39. The van der Waals surface area contributed by atoms with Gasteiger partial charge in [-0.1, -0.05) is 29.5 Å². The third kappa shape index (κ3) is 3.90. The Labute approximate surface area is 190 Å². The van der Waals surface area contributed by atoms with Gasteiger partial charge in [-0.15, -0.1) is 5.10 Å². The number of nitrogens with one attached hydrogen (secondary N) is 1. The molecule has 4 heterocycles. The molecule has 6 rings (SSSR count). The van der Waals surface area contributed by atoms with E-state index in [-0.39, 0.29) is 12.0 Å². The highest BCUT2D eigenvalue weighted by molar-refractivity contribution is 5.92. The average molecular weight is 444 g/mol. The van der Waals surface area contributed by atoms with Crippen LogP contribution in [0.5, 0.6) is 11.5 Å². The van der Waals surface area contributed by atoms with Gasteiger partial charge in [-0.25, -0.2) is 9.67 Å². The maximum Gasteiger partial charge on any atom is 0.276 e. The maximum absolute atomic E-state index is 13.0. The van der Waals surface area contributed by atoms with Crippen LogP contribution < -0.4 is 9.47 Å². The summed E-state index contributed by atoms with van der Waals surface area (Å²) in [6.07, 6.45) is 3.24. The molecule has 0 aliphatic carbocycles. The molecule has 2 aromatic heterocycles. The third-order valence-electron chi connectivity index (χ3n) is 6.29. The summed E-state index contributed by atoms with van der Waals surface area (Å²) >= 11 is 0. The van der Waals surface area contributed by atoms with Crippen molar-refractivity contribution in [3.05, 3.63) is 66.2 Å². The van der Waals surface area contributed by atoms with Gasteiger partial charge >= 0.3 is 0 Å². The van der Waals surface area contributed by atoms with E-state index in [1.165, 1.54) is 0 Å². The van der Waals surface area contributed by atoms with Crippen molar-refractivity contribution in [2.75, 3.05) is 19.7 Å². The van der Waals surface area contributed by atoms with Crippen LogP contribution >= 0.6 is 0 Å². The standard InChI is InChI=1S/C24H24N6O3/c31-24(29-11-9-16(10-12-29)23-25-18-5-1-2-6-19(18)26-23)20-14-30(28-27-20)13-17-15-32-21-7-3-4-8-22(21)33-17/h1-8,14,16-17H,9-13,15H2,(H,25,26)/t17-/m1/s1. The summed E-state index contributed by atoms with van der Waals surface area (Å²) in [6, 6.07) is 15.6. The van der Waals surface area contributed by atoms with Crippen molar-refractivity contribution in [1.29, 1.82) is 0 Å². The number of amides is 1. The van der Waals surface area contributed by atoms with Crippen LogP contribution in [0.3, 0.4) is 0 Å². The molecule has 9 nitrogen and oxygen atoms in total. The number of benzene rings is 2. The highest BCUT2D eigenvalue weighted by atomic mass is 16.6. The molecule has 0 bridgehead atoms. The monoisotopic (exact) mass is 444 g/mol. The summed E-state index contributed by atoms with van der Waals surface area (Å²) in [5, 5.41) is 8.25. The van der Waals surface area contributed by atoms with Gasteiger partial charge in [0.2, 0.25) is 0 Å². The molecule has 2 aliphatic heterocycles. The van der Waals surface area contributed by atoms with Gasteiger partial charge in [-0.05, 0) is 37.1 Å². The van der Waals surface area contributed by atoms with Crippen molar-refractivity contribution < 1.29 is 14.3 Å². The van der Waals surface area contributed by atoms with Crippen LogP contribution in [0.25, 0.3) is 11.0 Å². The molecular formula is C24H24N6O3. The van der Waals surface area contributed by atoms with Crippen molar-refractivity contribution >= 4 is 16.9 Å². The number of para-hydroxylation sites is 4. The number of piperidine rings is 1. The number of fused-ring (bicyclic) bond motifs is 2. The van der Waals surface area contributed by atoms with Crippen LogP contribution in [0.15, 0.2) is 54.7 Å². The Kier molecular flexibility index (Phi) is 4.93. The molecule has 0 radical (unpaired) electrons. The van der Waals surface area contributed by atoms with Crippen LogP contribution in [0, 0.1) is 0 Å². The molecule has 1 N–H and O–H groups in total. The number of imidazole rings is 1. The SMILES string of the molecule is O=C(c1cn(C[C@@H]2COc3ccccc3O2)nn1)N1CCC(c2nc3ccccc3[nH]2)CC1. The molecule has 1 saturated heterocycles. The van der Waals surface area contributed by atoms with E-state index < -0.39 is 0 Å². The average Bonchev–Trinajstić information content (AvgIpc) is 3.51. The molecule has 9 heteroatoms. The Balaban J connectivity index is 1.06. The first-order chi connectivity index (χ1) is 16.2. The molecule has 1 atom stereocenters. The van der Waals surface area contributed by atoms with E-state index >= 15 is 0 Å². The van der Waals surface area contributed by atoms with Crippen molar-refractivity contribution in [2.24, 2.45) is 0 Å². The Morgan fingerprint density at radius 2 is 1.85 bits per heavy atom. The second-order valence-electron chi connectivity index (χ2n) is 8.53. The molecule has 33 heavy (non-hydrogen) atoms. The zero-order chi connectivity index (χ0) is 22.2. The second-order valence-corrected chi connectivity index (χ2v) is 8.53. The molecule has 0 spiro atoms. The van der Waals surface area contributed by atoms with Gasteiger partial charge in [0.1, 0.15) is 12.4 Å². The van der Waals surface area contributed by atoms with Crippen LogP contribution in [-0.4, -0.2) is 61.6 Å². The highest BCUT2D eigenvalue weighted by Gasteiger charge is 2.28. The molecule has 1 fully saturated rings. The lowest BCUT2D eigenvalue weighted by atomic mass is 9.96. The molecule has 0 saturated carbocycles. The molecular weight excluding hydrogens is 420 g/mol. The summed E-state index contributed by atoms with van der Waals surface area (Å²) in [7, 11) is 0. The Bertz CT molecular complexity index is 1260. The Hall–Kier alpha value is -3.88. The van der Waals surface area contributed by atoms with Gasteiger partial charge in [-0.2, -0.15) is 0 Å². The number of nitrogens with zero attached hydrogens (tertiary/aromatic N) is 5. The van der Waals surface area contributed by atoms with E-state index in [4.69, 9.17) is 14.5 Å². The summed E-state index contributed by atoms with van der Waals surface area (Å²) in [6.45, 7) is 2.23. The maximum atomic E-state index is 13.0. The number of likely N-dealkylation sites (tertiary alicyclic amines) is 1. The number of carbonyl (C=O) groups is 1. The number of aromatic amines is 1. The number of rotatable bonds is 4. The van der Waals surface area contributed by atoms with Crippen molar-refractivity contribution in [1.82, 2.24) is 29.9 Å². The van der Waals surface area contributed by atoms with E-state index in [2.05, 4.69) is 15.3 Å². The van der Waals surface area contributed by atoms with Crippen molar-refractivity contribution in [2.45, 2.75) is 31.4 Å². The van der Waals surface area contributed by atoms with Crippen LogP contribution in [0.2, 0.25) is 0 Å². The first-order valence-electron chi connectivity index (χ1n) is 11.3. The Morgan fingerprint density at radius 3 is 2.70 bits per heavy atom. The lowest BCUT2D eigenvalue weighted by molar-refractivity contribution is 0.0704. The smallest absolute Gasteiger partial charge is 0.276 e. The number of hydrogen-bond donors (Lipinski definition) is 1. The molecule has 168 valence electrons. The number of hydrogen-bond acceptors (Lipinski definition) is 6. The third-order valence-corrected chi connectivity index (χ3v) is 6.29. The number of aromatic nitrogens is 5. The van der Waals surface area contributed by atoms with Crippen LogP contribution in [-0.2, 0) is 6.54 Å². The predicted octanol–water partition coefficient (Wildman–Crippen LogP) is 3.01. The normalized spacial score (nSPS) is 18.5. The van der Waals surface area contributed by atoms with Gasteiger partial charge in [0.15, 0.2) is 23.3 Å². The van der Waals surface area contributed by atoms with E-state index in [0.29, 0.717) is 37.9 Å². The summed E-state index contributed by atoms with van der Waals surface area (Å²) in [4.78, 5) is 23.0. The van der Waals surface area contributed by atoms with E-state index in [9.17, 15) is 4.79 Å². The highest BCUT2D eigenvalue weighted by Crippen LogP contribution is 2.31. The van der Waals surface area contributed by atoms with Crippen LogP contribution in [0.1, 0.15) is 35.1 Å². The van der Waals surface area contributed by atoms with E-state index in [0.717, 1.165) is 41.2 Å². The quantitative estimate of drug-likeness (QED) is 0.520. The second kappa shape index (κ2) is 8.23. The Morgan fingerprint density at radius 1 is 1.06 bits per heavy atom. The number of ether oxygens (including phenoxy) is 2. The molecule has 2 aromatic carbocycles. The summed E-state index contributed by atoms with van der Waals surface area (Å²) in [5.74, 6) is 2.70. The fourth-order valence-electron chi connectivity index (χ4n) is 4.53. The fourth-order valence-corrected chi connectivity index (χ4v) is 4.53. The minimum atomic E-state index is -0.191. The lowest BCUT2D eigenvalue weighted by Crippen LogP contribution is -2.38. The number of H-pyrrole nitrogens is 1. The van der Waals surface area contributed by atoms with Gasteiger partial charge in [0.25, 0.3) is 5.91 Å². The van der Waals surface area contributed by atoms with Gasteiger partial charge < -0.3 is 19.4 Å². The zero-order valence-electron chi connectivity index (χ0n) is 18.1. The lowest BCUT2D eigenvalue weighted by Gasteiger charge is -2.30. The van der Waals surface area contributed by atoms with Gasteiger partial charge in [0, 0.05) is 19.0 Å². The van der Waals surface area contributed by atoms with Crippen molar-refractivity contribution in [3.8, 4) is 11.5 Å². The first kappa shape index (κ1) is 19.8. The first-order valence-corrected chi connectivity index (χ1v) is 11.3. The summed E-state index contributed by atoms with van der Waals surface area (Å²) < 4.78 is 13.4. The molecule has 1 amide bonds. The zero-order valence-corrected chi connectivity index (χ0v) is 18.1. The topological polar surface area (TPSA) is 98.2 Å². The van der Waals surface area contributed by atoms with Gasteiger partial charge in [0.05, 0.1) is 23.8 Å². The number of carbonyl (C=O) groups excluding carboxylic acids is 1. The van der Waals surface area contributed by atoms with Crippen LogP contribution in [0.4, 0.5) is 0 Å². The minimum Gasteiger partial charge on any atom is -0.486 e. The van der Waals surface area contributed by atoms with Crippen molar-refractivity contribution in [3.63, 3.8) is 0 Å². The molecule has 0 unspecified atom stereocenters. The minimum absolute atomic E-state index is 0.0875. The molecule has 4 aromatic rings. The van der Waals surface area contributed by atoms with E-state index in [1.54, 1.807) is 10.9 Å². The predicted molar refractivity (Wildman–Crippen MR) is 120 cm³/mol. The largest absolute Gasteiger partial charge is 0.486 e.